The highest BCUT2D eigenvalue weighted by Gasteiger charge is 1.99. The van der Waals surface area contributed by atoms with Crippen LogP contribution in [0.1, 0.15) is 290 Å². The Morgan fingerprint density at radius 3 is 0.475 bits per heavy atom. The zero-order valence-corrected chi connectivity index (χ0v) is 39.7. The Labute approximate surface area is 364 Å². The summed E-state index contributed by atoms with van der Waals surface area (Å²) in [6, 6.07) is 0. The molecule has 11 heteroatoms. The van der Waals surface area contributed by atoms with Crippen molar-refractivity contribution >= 4 is 28.3 Å². The van der Waals surface area contributed by atoms with E-state index in [0.29, 0.717) is 19.3 Å². The molecule has 0 fully saturated rings. The Morgan fingerprint density at radius 2 is 0.373 bits per heavy atom. The maximum absolute atomic E-state index is 10.3. The Kier molecular flexibility index (Phi) is 61.0. The highest BCUT2D eigenvalue weighted by molar-refractivity contribution is 7.79. The van der Waals surface area contributed by atoms with E-state index in [4.69, 9.17) is 32.8 Å². The molecule has 0 saturated heterocycles. The predicted molar refractivity (Wildman–Crippen MR) is 248 cm³/mol. The van der Waals surface area contributed by atoms with E-state index in [1.165, 1.54) is 212 Å². The lowest BCUT2D eigenvalue weighted by molar-refractivity contribution is -0.138. The van der Waals surface area contributed by atoms with Gasteiger partial charge in [-0.25, -0.2) is 0 Å². The number of carbonyl (C=O) groups is 3. The third kappa shape index (κ3) is 88.5. The van der Waals surface area contributed by atoms with Crippen molar-refractivity contribution in [3.63, 3.8) is 0 Å². The van der Waals surface area contributed by atoms with Crippen LogP contribution in [-0.2, 0) is 24.8 Å². The second-order valence-corrected chi connectivity index (χ2v) is 17.5. The highest BCUT2D eigenvalue weighted by Crippen LogP contribution is 2.15. The summed E-state index contributed by atoms with van der Waals surface area (Å²) in [4.78, 5) is 30.9. The molecule has 59 heavy (non-hydrogen) atoms. The molecule has 356 valence electrons. The van der Waals surface area contributed by atoms with Gasteiger partial charge < -0.3 is 15.3 Å². The molecule has 0 aromatic carbocycles. The summed E-state index contributed by atoms with van der Waals surface area (Å²) in [6.45, 7) is 6.78. The first-order valence-electron chi connectivity index (χ1n) is 24.7. The van der Waals surface area contributed by atoms with Gasteiger partial charge in [-0.1, -0.05) is 252 Å². The number of rotatable bonds is 42. The molecule has 0 saturated carbocycles. The number of aliphatic carboxylic acids is 3. The molecule has 0 bridgehead atoms. The van der Waals surface area contributed by atoms with Gasteiger partial charge in [-0.05, 0) is 19.3 Å². The molecule has 0 aliphatic carbocycles. The molecule has 10 nitrogen and oxygen atoms in total. The minimum absolute atomic E-state index is 0.345. The molecule has 0 rings (SSSR count). The lowest BCUT2D eigenvalue weighted by Gasteiger charge is -2.02. The van der Waals surface area contributed by atoms with E-state index in [1.54, 1.807) is 0 Å². The molecule has 5 N–H and O–H groups in total. The van der Waals surface area contributed by atoms with Crippen molar-refractivity contribution in [3.05, 3.63) is 0 Å². The summed E-state index contributed by atoms with van der Waals surface area (Å²) in [5, 5.41) is 25.5. The predicted octanol–water partition coefficient (Wildman–Crippen LogP) is 16.0. The molecule has 0 radical (unpaired) electrons. The molecule has 0 unspecified atom stereocenters. The third-order valence-corrected chi connectivity index (χ3v) is 10.5. The SMILES string of the molecule is CCCCCCCCCCCCCCCC(=O)O.CCCCCCCCCCCCCCCC(=O)O.CCCCCCCCCCCCCCCC(=O)O.O=S(=O)(O)O. The summed E-state index contributed by atoms with van der Waals surface area (Å²) in [5.74, 6) is -1.96. The molecule has 0 aliphatic rings. The molecule has 0 aromatic heterocycles. The molecule has 0 amide bonds. The summed E-state index contributed by atoms with van der Waals surface area (Å²) in [5.41, 5.74) is 0. The zero-order valence-electron chi connectivity index (χ0n) is 38.9. The van der Waals surface area contributed by atoms with Crippen LogP contribution in [0, 0.1) is 0 Å². The monoisotopic (exact) mass is 867 g/mol. The summed E-state index contributed by atoms with van der Waals surface area (Å²) >= 11 is 0. The van der Waals surface area contributed by atoms with E-state index in [2.05, 4.69) is 20.8 Å². The first-order chi connectivity index (χ1) is 28.3. The second kappa shape index (κ2) is 56.3. The van der Waals surface area contributed by atoms with Gasteiger partial charge in [0, 0.05) is 19.3 Å². The smallest absolute Gasteiger partial charge is 0.394 e. The highest BCUT2D eigenvalue weighted by atomic mass is 32.3. The van der Waals surface area contributed by atoms with Gasteiger partial charge in [0.25, 0.3) is 0 Å². The average molecular weight is 867 g/mol. The minimum atomic E-state index is -4.67. The largest absolute Gasteiger partial charge is 0.481 e. The average Bonchev–Trinajstić information content (AvgIpc) is 3.17. The van der Waals surface area contributed by atoms with Gasteiger partial charge in [0.05, 0.1) is 0 Å². The second-order valence-electron chi connectivity index (χ2n) is 16.6. The van der Waals surface area contributed by atoms with Crippen molar-refractivity contribution < 1.29 is 47.2 Å². The number of hydrogen-bond donors (Lipinski definition) is 5. The Bertz CT molecular complexity index is 839. The minimum Gasteiger partial charge on any atom is -0.481 e. The van der Waals surface area contributed by atoms with Crippen LogP contribution >= 0.6 is 0 Å². The maximum atomic E-state index is 10.3. The molecular weight excluding hydrogens is 769 g/mol. The summed E-state index contributed by atoms with van der Waals surface area (Å²) in [7, 11) is -4.67. The van der Waals surface area contributed by atoms with Gasteiger partial charge in [-0.2, -0.15) is 8.42 Å². The van der Waals surface area contributed by atoms with E-state index in [0.717, 1.165) is 38.5 Å². The van der Waals surface area contributed by atoms with Crippen LogP contribution < -0.4 is 0 Å². The van der Waals surface area contributed by atoms with Crippen molar-refractivity contribution in [2.45, 2.75) is 290 Å². The van der Waals surface area contributed by atoms with Gasteiger partial charge in [0.2, 0.25) is 0 Å². The van der Waals surface area contributed by atoms with Crippen molar-refractivity contribution in [1.82, 2.24) is 0 Å². The molecular formula is C48H98O10S. The van der Waals surface area contributed by atoms with Crippen LogP contribution in [0.5, 0.6) is 0 Å². The van der Waals surface area contributed by atoms with Crippen LogP contribution in [0.3, 0.4) is 0 Å². The van der Waals surface area contributed by atoms with Crippen LogP contribution in [0.4, 0.5) is 0 Å². The molecule has 0 spiro atoms. The maximum Gasteiger partial charge on any atom is 0.394 e. The van der Waals surface area contributed by atoms with Gasteiger partial charge in [-0.3, -0.25) is 23.5 Å². The van der Waals surface area contributed by atoms with E-state index >= 15 is 0 Å². The van der Waals surface area contributed by atoms with Gasteiger partial charge in [0.15, 0.2) is 0 Å². The normalized spacial score (nSPS) is 10.8. The number of hydrogen-bond acceptors (Lipinski definition) is 5. The fraction of sp³-hybridized carbons (Fsp3) is 0.938. The van der Waals surface area contributed by atoms with Gasteiger partial charge in [0.1, 0.15) is 0 Å². The zero-order chi connectivity index (χ0) is 44.9. The van der Waals surface area contributed by atoms with E-state index in [1.807, 2.05) is 0 Å². The molecule has 0 aromatic rings. The van der Waals surface area contributed by atoms with Crippen LogP contribution in [0.15, 0.2) is 0 Å². The Balaban J connectivity index is -0.000000362. The van der Waals surface area contributed by atoms with Crippen LogP contribution in [-0.4, -0.2) is 50.8 Å². The van der Waals surface area contributed by atoms with E-state index in [9.17, 15) is 14.4 Å². The third-order valence-electron chi connectivity index (χ3n) is 10.5. The first kappa shape index (κ1) is 63.9. The molecule has 0 aliphatic heterocycles. The molecule has 0 heterocycles. The van der Waals surface area contributed by atoms with Gasteiger partial charge >= 0.3 is 28.3 Å². The van der Waals surface area contributed by atoms with E-state index in [-0.39, 0.29) is 0 Å². The van der Waals surface area contributed by atoms with Crippen LogP contribution in [0.2, 0.25) is 0 Å². The number of carboxylic acid groups (broad SMARTS) is 3. The van der Waals surface area contributed by atoms with Crippen molar-refractivity contribution in [1.29, 1.82) is 0 Å². The standard InChI is InChI=1S/3C16H32O2.H2O4S/c3*1-2-3-4-5-6-7-8-9-10-11-12-13-14-15-16(17)18;1-5(2,3)4/h3*2-15H2,1H3,(H,17,18);(H2,1,2,3,4). The first-order valence-corrected chi connectivity index (χ1v) is 26.1. The number of unbranched alkanes of at least 4 members (excludes halogenated alkanes) is 36. The fourth-order valence-electron chi connectivity index (χ4n) is 6.88. The van der Waals surface area contributed by atoms with E-state index < -0.39 is 28.3 Å². The molecule has 0 atom stereocenters. The fourth-order valence-corrected chi connectivity index (χ4v) is 6.88. The number of carboxylic acids is 3. The summed E-state index contributed by atoms with van der Waals surface area (Å²) in [6.07, 6.45) is 51.8. The Hall–Kier alpha value is -1.72. The summed E-state index contributed by atoms with van der Waals surface area (Å²) < 4.78 is 31.6. The van der Waals surface area contributed by atoms with Crippen molar-refractivity contribution in [3.8, 4) is 0 Å². The van der Waals surface area contributed by atoms with Crippen molar-refractivity contribution in [2.75, 3.05) is 0 Å². The van der Waals surface area contributed by atoms with Crippen LogP contribution in [0.25, 0.3) is 0 Å². The lowest BCUT2D eigenvalue weighted by Crippen LogP contribution is -1.93. The quantitative estimate of drug-likeness (QED) is 0.0292. The van der Waals surface area contributed by atoms with Crippen molar-refractivity contribution in [2.24, 2.45) is 0 Å². The Morgan fingerprint density at radius 1 is 0.271 bits per heavy atom. The lowest BCUT2D eigenvalue weighted by atomic mass is 10.0. The topological polar surface area (TPSA) is 186 Å². The van der Waals surface area contributed by atoms with Gasteiger partial charge in [-0.15, -0.1) is 0 Å².